The lowest BCUT2D eigenvalue weighted by Gasteiger charge is -2.20. The number of esters is 1. The highest BCUT2D eigenvalue weighted by atomic mass is 31.2. The van der Waals surface area contributed by atoms with Crippen molar-refractivity contribution in [2.45, 2.75) is 193 Å². The van der Waals surface area contributed by atoms with Crippen molar-refractivity contribution in [1.29, 1.82) is 0 Å². The van der Waals surface area contributed by atoms with Gasteiger partial charge < -0.3 is 20.1 Å². The van der Waals surface area contributed by atoms with E-state index >= 15 is 0 Å². The molecule has 0 spiro atoms. The van der Waals surface area contributed by atoms with Crippen molar-refractivity contribution in [2.75, 3.05) is 33.0 Å². The van der Waals surface area contributed by atoms with Crippen molar-refractivity contribution in [3.63, 3.8) is 0 Å². The fourth-order valence-electron chi connectivity index (χ4n) is 5.47. The van der Waals surface area contributed by atoms with E-state index in [9.17, 15) is 14.3 Å². The third-order valence-electron chi connectivity index (χ3n) is 8.27. The smallest absolute Gasteiger partial charge is 0.457 e. The van der Waals surface area contributed by atoms with Gasteiger partial charge in [-0.25, -0.2) is 4.57 Å². The number of carbonyl (C=O) groups is 1. The third kappa shape index (κ3) is 34.6. The van der Waals surface area contributed by atoms with Gasteiger partial charge in [0.15, 0.2) is 0 Å². The average Bonchev–Trinajstić information content (AvgIpc) is 3.02. The van der Waals surface area contributed by atoms with Crippen LogP contribution in [0.2, 0.25) is 0 Å². The van der Waals surface area contributed by atoms with Crippen molar-refractivity contribution >= 4 is 13.8 Å². The van der Waals surface area contributed by atoms with Crippen molar-refractivity contribution in [2.24, 2.45) is 5.73 Å². The fourth-order valence-corrected chi connectivity index (χ4v) is 6.23. The summed E-state index contributed by atoms with van der Waals surface area (Å²) in [7, 11) is -4.26. The molecule has 9 heteroatoms. The molecule has 8 nitrogen and oxygen atoms in total. The Morgan fingerprint density at radius 3 is 1.40 bits per heavy atom. The number of nitrogens with two attached hydrogens (primary N) is 1. The first kappa shape index (κ1) is 44.5. The summed E-state index contributed by atoms with van der Waals surface area (Å²) < 4.78 is 33.3. The maximum Gasteiger partial charge on any atom is 0.472 e. The van der Waals surface area contributed by atoms with Gasteiger partial charge in [-0.05, 0) is 12.8 Å². The summed E-state index contributed by atoms with van der Waals surface area (Å²) in [6, 6.07) is 0. The number of carbonyl (C=O) groups excluding carboxylic acids is 1. The third-order valence-corrected chi connectivity index (χ3v) is 9.26. The van der Waals surface area contributed by atoms with Crippen molar-refractivity contribution in [3.05, 3.63) is 0 Å². The first-order valence-corrected chi connectivity index (χ1v) is 20.5. The molecule has 0 bridgehead atoms. The molecule has 1 unspecified atom stereocenters. The summed E-state index contributed by atoms with van der Waals surface area (Å²) in [5.74, 6) is -0.329. The summed E-state index contributed by atoms with van der Waals surface area (Å²) in [4.78, 5) is 22.3. The van der Waals surface area contributed by atoms with E-state index in [0.29, 0.717) is 13.0 Å². The summed E-state index contributed by atoms with van der Waals surface area (Å²) in [6.45, 7) is 4.94. The summed E-state index contributed by atoms with van der Waals surface area (Å²) in [5, 5.41) is 0. The topological polar surface area (TPSA) is 117 Å². The minimum Gasteiger partial charge on any atom is -0.457 e. The van der Waals surface area contributed by atoms with Crippen LogP contribution in [0.25, 0.3) is 0 Å². The number of phosphoric ester groups is 1. The van der Waals surface area contributed by atoms with Gasteiger partial charge >= 0.3 is 13.8 Å². The van der Waals surface area contributed by atoms with Gasteiger partial charge in [-0.1, -0.05) is 168 Å². The molecule has 0 aliphatic carbocycles. The van der Waals surface area contributed by atoms with E-state index in [0.717, 1.165) is 32.1 Å². The Labute approximate surface area is 278 Å². The van der Waals surface area contributed by atoms with Crippen LogP contribution in [0, 0.1) is 0 Å². The Kier molecular flexibility index (Phi) is 34.4. The molecule has 45 heavy (non-hydrogen) atoms. The van der Waals surface area contributed by atoms with Crippen LogP contribution in [0.4, 0.5) is 0 Å². The first-order chi connectivity index (χ1) is 21.9. The molecule has 0 aromatic heterocycles. The lowest BCUT2D eigenvalue weighted by atomic mass is 10.0. The highest BCUT2D eigenvalue weighted by Gasteiger charge is 2.25. The molecule has 0 saturated carbocycles. The van der Waals surface area contributed by atoms with E-state index in [2.05, 4.69) is 13.8 Å². The first-order valence-electron chi connectivity index (χ1n) is 19.0. The molecule has 0 aromatic rings. The van der Waals surface area contributed by atoms with Crippen molar-refractivity contribution in [3.8, 4) is 0 Å². The summed E-state index contributed by atoms with van der Waals surface area (Å²) in [5.41, 5.74) is 5.35. The number of unbranched alkanes of at least 4 members (excludes halogenated alkanes) is 24. The van der Waals surface area contributed by atoms with Gasteiger partial charge in [-0.15, -0.1) is 0 Å². The molecule has 0 aliphatic heterocycles. The molecular formula is C36H74NO7P. The molecule has 2 atom stereocenters. The number of phosphoric acid groups is 1. The van der Waals surface area contributed by atoms with Crippen LogP contribution >= 0.6 is 7.82 Å². The van der Waals surface area contributed by atoms with Crippen molar-refractivity contribution in [1.82, 2.24) is 0 Å². The second-order valence-electron chi connectivity index (χ2n) is 12.8. The van der Waals surface area contributed by atoms with Crippen LogP contribution in [-0.4, -0.2) is 49.9 Å². The Morgan fingerprint density at radius 2 is 0.978 bits per heavy atom. The van der Waals surface area contributed by atoms with E-state index in [1.165, 1.54) is 135 Å². The largest absolute Gasteiger partial charge is 0.472 e. The minimum atomic E-state index is -4.26. The highest BCUT2D eigenvalue weighted by Crippen LogP contribution is 2.43. The van der Waals surface area contributed by atoms with Gasteiger partial charge in [-0.3, -0.25) is 13.8 Å². The van der Waals surface area contributed by atoms with Crippen LogP contribution in [0.3, 0.4) is 0 Å². The zero-order valence-electron chi connectivity index (χ0n) is 29.6. The molecule has 3 N–H and O–H groups in total. The predicted octanol–water partition coefficient (Wildman–Crippen LogP) is 10.6. The van der Waals surface area contributed by atoms with E-state index in [1.807, 2.05) is 0 Å². The van der Waals surface area contributed by atoms with Crippen LogP contribution in [0.1, 0.15) is 187 Å². The van der Waals surface area contributed by atoms with Crippen LogP contribution < -0.4 is 5.73 Å². The van der Waals surface area contributed by atoms with Crippen molar-refractivity contribution < 1.29 is 32.8 Å². The van der Waals surface area contributed by atoms with E-state index in [4.69, 9.17) is 24.3 Å². The van der Waals surface area contributed by atoms with Crippen LogP contribution in [0.15, 0.2) is 0 Å². The number of rotatable bonds is 37. The lowest BCUT2D eigenvalue weighted by Crippen LogP contribution is -2.28. The molecule has 0 aliphatic rings. The Bertz CT molecular complexity index is 667. The average molecular weight is 664 g/mol. The number of hydrogen-bond acceptors (Lipinski definition) is 7. The van der Waals surface area contributed by atoms with E-state index < -0.39 is 13.9 Å². The fraction of sp³-hybridized carbons (Fsp3) is 0.972. The SMILES string of the molecule is CCCCCCCCCCCCCCCCCCOC[C@H](COP(=O)(O)OCCN)OC(=O)CCCCCCCCCCCC. The Hall–Kier alpha value is -0.500. The maximum atomic E-state index is 12.5. The Balaban J connectivity index is 4.01. The zero-order chi connectivity index (χ0) is 33.1. The molecule has 0 rings (SSSR count). The van der Waals surface area contributed by atoms with Gasteiger partial charge in [-0.2, -0.15) is 0 Å². The van der Waals surface area contributed by atoms with Gasteiger partial charge in [0.25, 0.3) is 0 Å². The Morgan fingerprint density at radius 1 is 0.578 bits per heavy atom. The molecule has 0 amide bonds. The summed E-state index contributed by atoms with van der Waals surface area (Å²) >= 11 is 0. The molecule has 270 valence electrons. The number of ether oxygens (including phenoxy) is 2. The zero-order valence-corrected chi connectivity index (χ0v) is 30.5. The molecule has 0 radical (unpaired) electrons. The molecule has 0 saturated heterocycles. The van der Waals surface area contributed by atoms with Crippen LogP contribution in [0.5, 0.6) is 0 Å². The normalized spacial score (nSPS) is 13.6. The van der Waals surface area contributed by atoms with Gasteiger partial charge in [0.2, 0.25) is 0 Å². The quantitative estimate of drug-likeness (QED) is 0.0383. The second kappa shape index (κ2) is 34.8. The molecule has 0 aromatic carbocycles. The van der Waals surface area contributed by atoms with Gasteiger partial charge in [0.05, 0.1) is 19.8 Å². The monoisotopic (exact) mass is 664 g/mol. The standard InChI is InChI=1S/C36H74NO7P/c1-3-5-7-9-11-13-15-16-17-18-19-20-22-24-26-28-31-41-33-35(34-43-45(39,40)42-32-30-37)44-36(38)29-27-25-23-21-14-12-10-8-6-4-2/h35H,3-34,37H2,1-2H3,(H,39,40)/t35-/m1/s1. The van der Waals surface area contributed by atoms with Gasteiger partial charge in [0.1, 0.15) is 6.10 Å². The van der Waals surface area contributed by atoms with E-state index in [1.54, 1.807) is 0 Å². The van der Waals surface area contributed by atoms with Crippen LogP contribution in [-0.2, 0) is 27.9 Å². The summed E-state index contributed by atoms with van der Waals surface area (Å²) in [6.07, 6.45) is 32.6. The maximum absolute atomic E-state index is 12.5. The second-order valence-corrected chi connectivity index (χ2v) is 14.3. The highest BCUT2D eigenvalue weighted by molar-refractivity contribution is 7.47. The van der Waals surface area contributed by atoms with E-state index in [-0.39, 0.29) is 32.3 Å². The van der Waals surface area contributed by atoms with Gasteiger partial charge in [0, 0.05) is 19.6 Å². The molecule has 0 fully saturated rings. The number of hydrogen-bond donors (Lipinski definition) is 2. The predicted molar refractivity (Wildman–Crippen MR) is 187 cm³/mol. The molecular weight excluding hydrogens is 589 g/mol. The minimum absolute atomic E-state index is 0.0905. The lowest BCUT2D eigenvalue weighted by molar-refractivity contribution is -0.154. The molecule has 0 heterocycles.